The summed E-state index contributed by atoms with van der Waals surface area (Å²) in [6, 6.07) is 6.66. The lowest BCUT2D eigenvalue weighted by Crippen LogP contribution is -2.49. The van der Waals surface area contributed by atoms with Crippen molar-refractivity contribution in [2.45, 2.75) is 78.2 Å². The third-order valence-corrected chi connectivity index (χ3v) is 7.86. The van der Waals surface area contributed by atoms with E-state index in [0.29, 0.717) is 40.7 Å². The fraction of sp³-hybridized carbons (Fsp3) is 0.516. The van der Waals surface area contributed by atoms with Crippen LogP contribution in [-0.2, 0) is 30.1 Å². The van der Waals surface area contributed by atoms with Gasteiger partial charge in [0, 0.05) is 43.6 Å². The molecule has 3 aromatic heterocycles. The number of benzene rings is 1. The minimum absolute atomic E-state index is 0.185. The van der Waals surface area contributed by atoms with E-state index in [9.17, 15) is 19.2 Å². The topological polar surface area (TPSA) is 135 Å². The Hall–Kier alpha value is -4.26. The molecule has 1 fully saturated rings. The minimum Gasteiger partial charge on any atom is -0.444 e. The van der Waals surface area contributed by atoms with Crippen molar-refractivity contribution in [2.75, 3.05) is 18.0 Å². The van der Waals surface area contributed by atoms with Crippen LogP contribution in [-0.4, -0.2) is 65.8 Å². The summed E-state index contributed by atoms with van der Waals surface area (Å²) in [7, 11) is 3.28. The zero-order chi connectivity index (χ0) is 33.0. The van der Waals surface area contributed by atoms with Gasteiger partial charge in [0.15, 0.2) is 11.2 Å². The number of aromatic nitrogens is 5. The quantitative estimate of drug-likeness (QED) is 0.347. The molecule has 13 nitrogen and oxygen atoms in total. The number of carbonyl (C=O) groups excluding carboxylic acids is 2. The molecule has 1 aliphatic heterocycles. The number of nitrogens with zero attached hydrogens (tertiary/aromatic N) is 6. The van der Waals surface area contributed by atoms with Gasteiger partial charge in [0.05, 0.1) is 17.8 Å². The molecule has 1 N–H and O–H groups in total. The summed E-state index contributed by atoms with van der Waals surface area (Å²) in [5, 5.41) is 3.94. The van der Waals surface area contributed by atoms with E-state index in [2.05, 4.69) is 5.32 Å². The first-order valence-corrected chi connectivity index (χ1v) is 15.3. The van der Waals surface area contributed by atoms with Crippen LogP contribution in [0.5, 0.6) is 0 Å². The predicted molar refractivity (Wildman–Crippen MR) is 173 cm³/mol. The van der Waals surface area contributed by atoms with Crippen molar-refractivity contribution in [3.8, 4) is 0 Å². The fourth-order valence-electron chi connectivity index (χ4n) is 5.66. The van der Waals surface area contributed by atoms with Gasteiger partial charge < -0.3 is 24.3 Å². The Morgan fingerprint density at radius 3 is 2.40 bits per heavy atom. The molecule has 1 aliphatic rings. The van der Waals surface area contributed by atoms with Gasteiger partial charge in [0.25, 0.3) is 5.56 Å². The second-order valence-electron chi connectivity index (χ2n) is 13.4. The van der Waals surface area contributed by atoms with E-state index in [1.165, 1.54) is 9.13 Å². The molecule has 0 bridgehead atoms. The van der Waals surface area contributed by atoms with Gasteiger partial charge >= 0.3 is 17.9 Å². The van der Waals surface area contributed by atoms with Crippen molar-refractivity contribution < 1.29 is 19.1 Å². The SMILES string of the molecule is Cn1c(N2CCCC(NC(=O)OC(C)(C)C)C2)nc2c1c(=O)n(Cc1cc3c(Cl)cccc3n1C(=O)OC(C)(C)C)c(=O)n2C. The van der Waals surface area contributed by atoms with Crippen LogP contribution in [0.3, 0.4) is 0 Å². The number of hydrogen-bond donors (Lipinski definition) is 1. The maximum Gasteiger partial charge on any atom is 0.419 e. The zero-order valence-electron chi connectivity index (χ0n) is 26.9. The third kappa shape index (κ3) is 6.44. The second-order valence-corrected chi connectivity index (χ2v) is 13.8. The number of nitrogens with one attached hydrogen (secondary N) is 1. The number of anilines is 1. The molecular formula is C31H40ClN7O6. The average molecular weight is 642 g/mol. The molecule has 1 aromatic carbocycles. The Morgan fingerprint density at radius 1 is 1.04 bits per heavy atom. The Bertz CT molecular complexity index is 1920. The summed E-state index contributed by atoms with van der Waals surface area (Å²) < 4.78 is 16.5. The lowest BCUT2D eigenvalue weighted by atomic mass is 10.1. The third-order valence-electron chi connectivity index (χ3n) is 7.53. The molecule has 4 heterocycles. The number of ether oxygens (including phenoxy) is 2. The van der Waals surface area contributed by atoms with Crippen molar-refractivity contribution >= 4 is 51.8 Å². The standard InChI is InChI=1S/C31H40ClN7O6/c1-30(2,3)44-27(41)33-18-11-10-14-37(16-18)26-34-24-23(35(26)7)25(40)38(28(42)36(24)8)17-19-15-20-21(32)12-9-13-22(20)39(19)29(43)45-31(4,5)6/h9,12-13,15,18H,10-11,14,16-17H2,1-8H3,(H,33,41). The Balaban J connectivity index is 1.54. The van der Waals surface area contributed by atoms with Crippen LogP contribution in [0.4, 0.5) is 15.5 Å². The van der Waals surface area contributed by atoms with Crippen LogP contribution >= 0.6 is 11.6 Å². The number of carbonyl (C=O) groups is 2. The molecule has 242 valence electrons. The maximum atomic E-state index is 14.0. The van der Waals surface area contributed by atoms with E-state index >= 15 is 0 Å². The largest absolute Gasteiger partial charge is 0.444 e. The highest BCUT2D eigenvalue weighted by atomic mass is 35.5. The van der Waals surface area contributed by atoms with Gasteiger partial charge in [-0.3, -0.25) is 13.9 Å². The van der Waals surface area contributed by atoms with Crippen LogP contribution in [0.15, 0.2) is 33.9 Å². The molecule has 14 heteroatoms. The summed E-state index contributed by atoms with van der Waals surface area (Å²) in [6.45, 7) is 11.6. The first kappa shape index (κ1) is 32.1. The van der Waals surface area contributed by atoms with Crippen LogP contribution in [0.25, 0.3) is 22.1 Å². The van der Waals surface area contributed by atoms with E-state index in [4.69, 9.17) is 26.1 Å². The number of halogens is 1. The number of amides is 1. The number of fused-ring (bicyclic) bond motifs is 2. The highest BCUT2D eigenvalue weighted by Crippen LogP contribution is 2.29. The highest BCUT2D eigenvalue weighted by molar-refractivity contribution is 6.35. The van der Waals surface area contributed by atoms with Gasteiger partial charge in [0.2, 0.25) is 5.95 Å². The van der Waals surface area contributed by atoms with Gasteiger partial charge in [-0.25, -0.2) is 19.0 Å². The van der Waals surface area contributed by atoms with Crippen LogP contribution in [0.2, 0.25) is 5.02 Å². The summed E-state index contributed by atoms with van der Waals surface area (Å²) in [5.41, 5.74) is -1.22. The summed E-state index contributed by atoms with van der Waals surface area (Å²) in [6.07, 6.45) is 0.406. The monoisotopic (exact) mass is 641 g/mol. The number of piperidine rings is 1. The van der Waals surface area contributed by atoms with Crippen molar-refractivity contribution in [1.29, 1.82) is 0 Å². The molecular weight excluding hydrogens is 602 g/mol. The molecule has 0 spiro atoms. The number of imidazole rings is 1. The zero-order valence-corrected chi connectivity index (χ0v) is 27.7. The fourth-order valence-corrected chi connectivity index (χ4v) is 5.88. The molecule has 1 saturated heterocycles. The summed E-state index contributed by atoms with van der Waals surface area (Å²) in [5.74, 6) is 0.500. The van der Waals surface area contributed by atoms with Crippen molar-refractivity contribution in [3.05, 3.63) is 55.8 Å². The molecule has 0 radical (unpaired) electrons. The number of alkyl carbamates (subject to hydrolysis) is 1. The van der Waals surface area contributed by atoms with Crippen LogP contribution < -0.4 is 21.5 Å². The van der Waals surface area contributed by atoms with Gasteiger partial charge in [-0.2, -0.15) is 4.98 Å². The second kappa shape index (κ2) is 11.6. The molecule has 5 rings (SSSR count). The average Bonchev–Trinajstić information content (AvgIpc) is 3.46. The highest BCUT2D eigenvalue weighted by Gasteiger charge is 2.29. The van der Waals surface area contributed by atoms with Gasteiger partial charge in [-0.15, -0.1) is 0 Å². The van der Waals surface area contributed by atoms with E-state index < -0.39 is 34.6 Å². The van der Waals surface area contributed by atoms with Crippen molar-refractivity contribution in [3.63, 3.8) is 0 Å². The Morgan fingerprint density at radius 2 is 1.73 bits per heavy atom. The van der Waals surface area contributed by atoms with Crippen LogP contribution in [0, 0.1) is 0 Å². The van der Waals surface area contributed by atoms with Crippen LogP contribution in [0.1, 0.15) is 60.1 Å². The summed E-state index contributed by atoms with van der Waals surface area (Å²) >= 11 is 6.47. The van der Waals surface area contributed by atoms with E-state index in [1.807, 2.05) is 25.7 Å². The number of rotatable bonds is 4. The lowest BCUT2D eigenvalue weighted by Gasteiger charge is -2.34. The number of aryl methyl sites for hydroxylation is 2. The molecule has 45 heavy (non-hydrogen) atoms. The van der Waals surface area contributed by atoms with E-state index in [-0.39, 0.29) is 23.8 Å². The lowest BCUT2D eigenvalue weighted by molar-refractivity contribution is 0.0496. The molecule has 1 atom stereocenters. The van der Waals surface area contributed by atoms with E-state index in [1.54, 1.807) is 63.7 Å². The Labute approximate surface area is 265 Å². The molecule has 4 aromatic rings. The Kier molecular flexibility index (Phi) is 8.28. The van der Waals surface area contributed by atoms with Gasteiger partial charge in [-0.05, 0) is 72.6 Å². The molecule has 1 unspecified atom stereocenters. The predicted octanol–water partition coefficient (Wildman–Crippen LogP) is 4.37. The normalized spacial score (nSPS) is 15.9. The first-order valence-electron chi connectivity index (χ1n) is 14.9. The molecule has 0 saturated carbocycles. The minimum atomic E-state index is -0.781. The molecule has 0 aliphatic carbocycles. The van der Waals surface area contributed by atoms with Gasteiger partial charge in [-0.1, -0.05) is 17.7 Å². The maximum absolute atomic E-state index is 14.0. The molecule has 1 amide bonds. The number of hydrogen-bond acceptors (Lipinski definition) is 8. The van der Waals surface area contributed by atoms with Gasteiger partial charge in [0.1, 0.15) is 11.2 Å². The summed E-state index contributed by atoms with van der Waals surface area (Å²) in [4.78, 5) is 60.1. The first-order chi connectivity index (χ1) is 20.9. The van der Waals surface area contributed by atoms with Crippen molar-refractivity contribution in [2.24, 2.45) is 14.1 Å². The van der Waals surface area contributed by atoms with E-state index in [0.717, 1.165) is 17.4 Å². The smallest absolute Gasteiger partial charge is 0.419 e. The van der Waals surface area contributed by atoms with Crippen molar-refractivity contribution in [1.82, 2.24) is 28.6 Å².